The minimum Gasteiger partial charge on any atom is -0.322 e. The maximum absolute atomic E-state index is 12.2. The Kier molecular flexibility index (Phi) is 4.18. The number of nitro groups is 1. The fraction of sp³-hybridized carbons (Fsp3) is 0.143. The summed E-state index contributed by atoms with van der Waals surface area (Å²) < 4.78 is 0. The minimum atomic E-state index is -0.668. The Balaban J connectivity index is 2.34. The first-order valence-corrected chi connectivity index (χ1v) is 6.45. The van der Waals surface area contributed by atoms with E-state index in [2.05, 4.69) is 10.3 Å². The number of anilines is 1. The molecule has 6 nitrogen and oxygen atoms in total. The van der Waals surface area contributed by atoms with Gasteiger partial charge in [-0.05, 0) is 43.2 Å². The average Bonchev–Trinajstić information content (AvgIpc) is 2.42. The smallest absolute Gasteiger partial charge is 0.300 e. The quantitative estimate of drug-likeness (QED) is 0.534. The number of carbonyl (C=O) groups is 1. The third-order valence-electron chi connectivity index (χ3n) is 3.06. The number of hydrogen-bond acceptors (Lipinski definition) is 4. The molecular formula is C14H12ClN3O3. The first-order valence-electron chi connectivity index (χ1n) is 6.07. The molecule has 0 fully saturated rings. The number of halogens is 1. The number of nitrogens with one attached hydrogen (secondary N) is 1. The van der Waals surface area contributed by atoms with Crippen LogP contribution >= 0.6 is 11.6 Å². The normalized spacial score (nSPS) is 10.2. The van der Waals surface area contributed by atoms with E-state index in [-0.39, 0.29) is 16.4 Å². The second-order valence-corrected chi connectivity index (χ2v) is 4.92. The van der Waals surface area contributed by atoms with Gasteiger partial charge in [0.2, 0.25) is 0 Å². The summed E-state index contributed by atoms with van der Waals surface area (Å²) in [6, 6.07) is 6.56. The van der Waals surface area contributed by atoms with Gasteiger partial charge in [0.25, 0.3) is 11.6 Å². The highest BCUT2D eigenvalue weighted by Crippen LogP contribution is 2.22. The zero-order valence-corrected chi connectivity index (χ0v) is 12.1. The number of pyridine rings is 1. The standard InChI is InChI=1S/C14H12ClN3O3/c1-8-3-4-10(5-9(8)2)17-14(19)11-6-13(15)16-7-12(11)18(20)21/h3-7H,1-2H3,(H,17,19). The van der Waals surface area contributed by atoms with E-state index in [0.29, 0.717) is 5.69 Å². The van der Waals surface area contributed by atoms with Crippen LogP contribution in [-0.4, -0.2) is 15.8 Å². The Hall–Kier alpha value is -2.47. The Morgan fingerprint density at radius 3 is 2.62 bits per heavy atom. The molecule has 0 atom stereocenters. The minimum absolute atomic E-state index is 0.0193. The van der Waals surface area contributed by atoms with Crippen LogP contribution in [0.15, 0.2) is 30.5 Å². The zero-order chi connectivity index (χ0) is 15.6. The van der Waals surface area contributed by atoms with E-state index >= 15 is 0 Å². The fourth-order valence-corrected chi connectivity index (χ4v) is 1.93. The lowest BCUT2D eigenvalue weighted by atomic mass is 10.1. The predicted octanol–water partition coefficient (Wildman–Crippen LogP) is 3.51. The van der Waals surface area contributed by atoms with E-state index in [1.165, 1.54) is 6.07 Å². The predicted molar refractivity (Wildman–Crippen MR) is 79.8 cm³/mol. The summed E-state index contributed by atoms with van der Waals surface area (Å²) in [5, 5.41) is 13.6. The van der Waals surface area contributed by atoms with Crippen LogP contribution in [0.1, 0.15) is 21.5 Å². The zero-order valence-electron chi connectivity index (χ0n) is 11.4. The number of carbonyl (C=O) groups excluding carboxylic acids is 1. The van der Waals surface area contributed by atoms with E-state index in [9.17, 15) is 14.9 Å². The van der Waals surface area contributed by atoms with Crippen molar-refractivity contribution in [2.24, 2.45) is 0 Å². The molecule has 0 unspecified atom stereocenters. The first kappa shape index (κ1) is 14.9. The molecule has 108 valence electrons. The summed E-state index contributed by atoms with van der Waals surface area (Å²) in [7, 11) is 0. The van der Waals surface area contributed by atoms with Crippen LogP contribution in [0.25, 0.3) is 0 Å². The molecule has 0 saturated carbocycles. The summed E-state index contributed by atoms with van der Waals surface area (Å²) in [5.41, 5.74) is 2.14. The monoisotopic (exact) mass is 305 g/mol. The van der Waals surface area contributed by atoms with Gasteiger partial charge < -0.3 is 5.32 Å². The topological polar surface area (TPSA) is 85.1 Å². The molecule has 0 spiro atoms. The van der Waals surface area contributed by atoms with Crippen LogP contribution in [-0.2, 0) is 0 Å². The van der Waals surface area contributed by atoms with Crippen LogP contribution in [0, 0.1) is 24.0 Å². The van der Waals surface area contributed by atoms with Crippen LogP contribution in [0.4, 0.5) is 11.4 Å². The number of benzene rings is 1. The molecule has 0 bridgehead atoms. The van der Waals surface area contributed by atoms with Crippen molar-refractivity contribution in [1.82, 2.24) is 4.98 Å². The second-order valence-electron chi connectivity index (χ2n) is 4.53. The molecule has 7 heteroatoms. The number of aryl methyl sites for hydroxylation is 2. The fourth-order valence-electron chi connectivity index (χ4n) is 1.77. The van der Waals surface area contributed by atoms with Gasteiger partial charge in [-0.1, -0.05) is 17.7 Å². The maximum Gasteiger partial charge on any atom is 0.300 e. The molecule has 2 rings (SSSR count). The molecular weight excluding hydrogens is 294 g/mol. The molecule has 0 aliphatic carbocycles. The number of hydrogen-bond donors (Lipinski definition) is 1. The van der Waals surface area contributed by atoms with Gasteiger partial charge in [0.05, 0.1) is 4.92 Å². The molecule has 1 N–H and O–H groups in total. The van der Waals surface area contributed by atoms with Gasteiger partial charge in [-0.2, -0.15) is 0 Å². The van der Waals surface area contributed by atoms with Gasteiger partial charge in [-0.3, -0.25) is 14.9 Å². The summed E-state index contributed by atoms with van der Waals surface area (Å²) in [4.78, 5) is 26.1. The van der Waals surface area contributed by atoms with Crippen molar-refractivity contribution in [3.63, 3.8) is 0 Å². The largest absolute Gasteiger partial charge is 0.322 e. The van der Waals surface area contributed by atoms with Crippen LogP contribution < -0.4 is 5.32 Å². The first-order chi connectivity index (χ1) is 9.88. The number of rotatable bonds is 3. The number of amides is 1. The summed E-state index contributed by atoms with van der Waals surface area (Å²) >= 11 is 5.70. The molecule has 0 aliphatic heterocycles. The molecule has 0 aliphatic rings. The second kappa shape index (κ2) is 5.88. The van der Waals surface area contributed by atoms with Gasteiger partial charge >= 0.3 is 0 Å². The van der Waals surface area contributed by atoms with E-state index in [0.717, 1.165) is 17.3 Å². The van der Waals surface area contributed by atoms with Crippen molar-refractivity contribution in [1.29, 1.82) is 0 Å². The molecule has 1 aromatic heterocycles. The third-order valence-corrected chi connectivity index (χ3v) is 3.26. The lowest BCUT2D eigenvalue weighted by Crippen LogP contribution is -2.14. The molecule has 1 amide bonds. The Labute approximate surface area is 125 Å². The van der Waals surface area contributed by atoms with Gasteiger partial charge in [-0.15, -0.1) is 0 Å². The summed E-state index contributed by atoms with van der Waals surface area (Å²) in [6.07, 6.45) is 0.970. The van der Waals surface area contributed by atoms with Crippen molar-refractivity contribution in [2.75, 3.05) is 5.32 Å². The number of nitrogens with zero attached hydrogens (tertiary/aromatic N) is 2. The molecule has 0 saturated heterocycles. The van der Waals surface area contributed by atoms with Crippen LogP contribution in [0.5, 0.6) is 0 Å². The highest BCUT2D eigenvalue weighted by atomic mass is 35.5. The lowest BCUT2D eigenvalue weighted by molar-refractivity contribution is -0.385. The third kappa shape index (κ3) is 3.35. The summed E-state index contributed by atoms with van der Waals surface area (Å²) in [5.74, 6) is -0.603. The molecule has 21 heavy (non-hydrogen) atoms. The SMILES string of the molecule is Cc1ccc(NC(=O)c2cc(Cl)ncc2[N+](=O)[O-])cc1C. The van der Waals surface area contributed by atoms with E-state index in [4.69, 9.17) is 11.6 Å². The Bertz CT molecular complexity index is 731. The van der Waals surface area contributed by atoms with Crippen LogP contribution in [0.3, 0.4) is 0 Å². The van der Waals surface area contributed by atoms with E-state index in [1.54, 1.807) is 12.1 Å². The Morgan fingerprint density at radius 2 is 2.00 bits per heavy atom. The van der Waals surface area contributed by atoms with Gasteiger partial charge in [-0.25, -0.2) is 4.98 Å². The molecule has 1 heterocycles. The van der Waals surface area contributed by atoms with Crippen molar-refractivity contribution in [3.05, 3.63) is 62.4 Å². The maximum atomic E-state index is 12.2. The average molecular weight is 306 g/mol. The Morgan fingerprint density at radius 1 is 1.29 bits per heavy atom. The van der Waals surface area contributed by atoms with Crippen molar-refractivity contribution in [2.45, 2.75) is 13.8 Å². The molecule has 1 aromatic carbocycles. The van der Waals surface area contributed by atoms with E-state index < -0.39 is 10.8 Å². The van der Waals surface area contributed by atoms with Crippen molar-refractivity contribution in [3.8, 4) is 0 Å². The summed E-state index contributed by atoms with van der Waals surface area (Å²) in [6.45, 7) is 3.87. The van der Waals surface area contributed by atoms with Gasteiger partial charge in [0.15, 0.2) is 0 Å². The van der Waals surface area contributed by atoms with Crippen molar-refractivity contribution >= 4 is 28.9 Å². The molecule has 2 aromatic rings. The van der Waals surface area contributed by atoms with Crippen molar-refractivity contribution < 1.29 is 9.72 Å². The highest BCUT2D eigenvalue weighted by molar-refractivity contribution is 6.30. The van der Waals surface area contributed by atoms with Crippen LogP contribution in [0.2, 0.25) is 5.15 Å². The lowest BCUT2D eigenvalue weighted by Gasteiger charge is -2.08. The van der Waals surface area contributed by atoms with Gasteiger partial charge in [0.1, 0.15) is 16.9 Å². The van der Waals surface area contributed by atoms with E-state index in [1.807, 2.05) is 19.9 Å². The molecule has 0 radical (unpaired) electrons. The van der Waals surface area contributed by atoms with Gasteiger partial charge in [0, 0.05) is 5.69 Å². The number of aromatic nitrogens is 1. The highest BCUT2D eigenvalue weighted by Gasteiger charge is 2.21.